The van der Waals surface area contributed by atoms with E-state index in [0.717, 1.165) is 27.3 Å². The zero-order valence-electron chi connectivity index (χ0n) is 11.2. The number of nitrogens with one attached hydrogen (secondary N) is 2. The maximum absolute atomic E-state index is 5.40. The van der Waals surface area contributed by atoms with Crippen LogP contribution in [0.3, 0.4) is 0 Å². The lowest BCUT2D eigenvalue weighted by Crippen LogP contribution is -2.12. The second-order valence-corrected chi connectivity index (χ2v) is 6.09. The van der Waals surface area contributed by atoms with E-state index in [1.165, 1.54) is 0 Å². The van der Waals surface area contributed by atoms with Crippen molar-refractivity contribution in [3.8, 4) is 5.95 Å². The standard InChI is InChI=1S/C14H16N4S/c1-14(2,3)11-8-12(19)18(17-11)13-15-9-6-4-5-7-10(9)16-13/h4-8,17H,1-3H3,(H,15,16). The van der Waals surface area contributed by atoms with Gasteiger partial charge >= 0.3 is 0 Å². The van der Waals surface area contributed by atoms with Gasteiger partial charge in [-0.15, -0.1) is 0 Å². The van der Waals surface area contributed by atoms with Gasteiger partial charge in [0.15, 0.2) is 0 Å². The minimum atomic E-state index is 0.0326. The minimum absolute atomic E-state index is 0.0326. The monoisotopic (exact) mass is 272 g/mol. The number of hydrogen-bond acceptors (Lipinski definition) is 2. The molecule has 0 radical (unpaired) electrons. The normalized spacial score (nSPS) is 12.2. The highest BCUT2D eigenvalue weighted by Crippen LogP contribution is 2.22. The lowest BCUT2D eigenvalue weighted by Gasteiger charge is -2.15. The highest BCUT2D eigenvalue weighted by molar-refractivity contribution is 7.71. The predicted octanol–water partition coefficient (Wildman–Crippen LogP) is 3.71. The Morgan fingerprint density at radius 1 is 1.21 bits per heavy atom. The number of aromatic amines is 2. The summed E-state index contributed by atoms with van der Waals surface area (Å²) < 4.78 is 2.54. The van der Waals surface area contributed by atoms with E-state index in [4.69, 9.17) is 12.2 Å². The third-order valence-corrected chi connectivity index (χ3v) is 3.42. The molecule has 0 fully saturated rings. The quantitative estimate of drug-likeness (QED) is 0.663. The van der Waals surface area contributed by atoms with Crippen LogP contribution in [0.15, 0.2) is 30.3 Å². The molecule has 2 aromatic heterocycles. The van der Waals surface area contributed by atoms with Gasteiger partial charge in [-0.25, -0.2) is 9.67 Å². The molecule has 0 aliphatic carbocycles. The molecule has 0 saturated heterocycles. The summed E-state index contributed by atoms with van der Waals surface area (Å²) in [5.74, 6) is 0.724. The molecule has 0 saturated carbocycles. The van der Waals surface area contributed by atoms with Crippen LogP contribution in [0.25, 0.3) is 17.0 Å². The third-order valence-electron chi connectivity index (χ3n) is 3.12. The molecule has 0 aliphatic heterocycles. The van der Waals surface area contributed by atoms with Crippen LogP contribution in [0, 0.1) is 4.64 Å². The van der Waals surface area contributed by atoms with Gasteiger partial charge in [0.1, 0.15) is 4.64 Å². The smallest absolute Gasteiger partial charge is 0.228 e. The van der Waals surface area contributed by atoms with Gasteiger partial charge in [-0.05, 0) is 18.2 Å². The van der Waals surface area contributed by atoms with Crippen LogP contribution in [0.1, 0.15) is 26.5 Å². The summed E-state index contributed by atoms with van der Waals surface area (Å²) in [6.45, 7) is 6.45. The molecule has 0 amide bonds. The number of H-pyrrole nitrogens is 2. The number of fused-ring (bicyclic) bond motifs is 1. The summed E-state index contributed by atoms with van der Waals surface area (Å²) in [5, 5.41) is 3.32. The third kappa shape index (κ3) is 2.10. The van der Waals surface area contributed by atoms with Gasteiger partial charge in [0, 0.05) is 11.1 Å². The van der Waals surface area contributed by atoms with Crippen LogP contribution >= 0.6 is 12.2 Å². The average Bonchev–Trinajstić information content (AvgIpc) is 2.90. The van der Waals surface area contributed by atoms with Crippen molar-refractivity contribution in [2.45, 2.75) is 26.2 Å². The topological polar surface area (TPSA) is 49.4 Å². The first kappa shape index (κ1) is 12.2. The Hall–Kier alpha value is -1.88. The number of nitrogens with zero attached hydrogens (tertiary/aromatic N) is 2. The highest BCUT2D eigenvalue weighted by atomic mass is 32.1. The van der Waals surface area contributed by atoms with E-state index in [1.807, 2.05) is 35.0 Å². The van der Waals surface area contributed by atoms with Crippen LogP contribution < -0.4 is 0 Å². The molecule has 0 atom stereocenters. The summed E-state index contributed by atoms with van der Waals surface area (Å²) in [6.07, 6.45) is 0. The van der Waals surface area contributed by atoms with Gasteiger partial charge < -0.3 is 4.98 Å². The molecule has 1 aromatic carbocycles. The van der Waals surface area contributed by atoms with Crippen molar-refractivity contribution < 1.29 is 0 Å². The zero-order valence-corrected chi connectivity index (χ0v) is 12.0. The summed E-state index contributed by atoms with van der Waals surface area (Å²) in [4.78, 5) is 7.82. The Morgan fingerprint density at radius 2 is 1.95 bits per heavy atom. The Balaban J connectivity index is 2.16. The van der Waals surface area contributed by atoms with Crippen LogP contribution in [0.5, 0.6) is 0 Å². The molecule has 3 aromatic rings. The molecule has 0 spiro atoms. The molecule has 0 unspecified atom stereocenters. The van der Waals surface area contributed by atoms with E-state index in [0.29, 0.717) is 0 Å². The Morgan fingerprint density at radius 3 is 2.58 bits per heavy atom. The number of aromatic nitrogens is 4. The second kappa shape index (κ2) is 4.06. The molecule has 4 nitrogen and oxygen atoms in total. The van der Waals surface area contributed by atoms with Gasteiger partial charge in [0.05, 0.1) is 11.0 Å². The molecule has 98 valence electrons. The van der Waals surface area contributed by atoms with Gasteiger partial charge in [-0.1, -0.05) is 45.1 Å². The van der Waals surface area contributed by atoms with Crippen molar-refractivity contribution in [2.24, 2.45) is 0 Å². The average molecular weight is 272 g/mol. The molecule has 2 heterocycles. The van der Waals surface area contributed by atoms with E-state index < -0.39 is 0 Å². The lowest BCUT2D eigenvalue weighted by molar-refractivity contribution is 0.558. The predicted molar refractivity (Wildman–Crippen MR) is 79.3 cm³/mol. The molecule has 0 aliphatic rings. The number of rotatable bonds is 1. The molecule has 19 heavy (non-hydrogen) atoms. The number of benzene rings is 1. The van der Waals surface area contributed by atoms with E-state index >= 15 is 0 Å². The zero-order chi connectivity index (χ0) is 13.6. The fourth-order valence-electron chi connectivity index (χ4n) is 1.98. The van der Waals surface area contributed by atoms with E-state index in [2.05, 4.69) is 35.8 Å². The van der Waals surface area contributed by atoms with Crippen molar-refractivity contribution in [3.05, 3.63) is 40.7 Å². The first-order valence-corrected chi connectivity index (χ1v) is 6.64. The molecule has 2 N–H and O–H groups in total. The van der Waals surface area contributed by atoms with E-state index in [9.17, 15) is 0 Å². The number of para-hydroxylation sites is 2. The molecule has 3 rings (SSSR count). The fourth-order valence-corrected chi connectivity index (χ4v) is 2.23. The number of hydrogen-bond donors (Lipinski definition) is 2. The van der Waals surface area contributed by atoms with Crippen LogP contribution in [-0.4, -0.2) is 19.7 Å². The van der Waals surface area contributed by atoms with Gasteiger partial charge in [0.2, 0.25) is 5.95 Å². The van der Waals surface area contributed by atoms with Gasteiger partial charge in [-0.2, -0.15) is 0 Å². The SMILES string of the molecule is CC(C)(C)c1cc(=S)n(-c2nc3ccccc3[nH]2)[nH]1. The minimum Gasteiger partial charge on any atom is -0.322 e. The van der Waals surface area contributed by atoms with Gasteiger partial charge in [-0.3, -0.25) is 5.10 Å². The second-order valence-electron chi connectivity index (χ2n) is 5.67. The highest BCUT2D eigenvalue weighted by Gasteiger charge is 2.17. The lowest BCUT2D eigenvalue weighted by atomic mass is 9.93. The Kier molecular flexibility index (Phi) is 2.60. The molecule has 0 bridgehead atoms. The van der Waals surface area contributed by atoms with Crippen molar-refractivity contribution in [3.63, 3.8) is 0 Å². The van der Waals surface area contributed by atoms with E-state index in [1.54, 1.807) is 0 Å². The summed E-state index contributed by atoms with van der Waals surface area (Å²) >= 11 is 5.40. The van der Waals surface area contributed by atoms with Crippen LogP contribution in [0.4, 0.5) is 0 Å². The van der Waals surface area contributed by atoms with Crippen molar-refractivity contribution in [1.29, 1.82) is 0 Å². The summed E-state index contributed by atoms with van der Waals surface area (Å²) in [5.41, 5.74) is 3.07. The van der Waals surface area contributed by atoms with E-state index in [-0.39, 0.29) is 5.41 Å². The molecular weight excluding hydrogens is 256 g/mol. The largest absolute Gasteiger partial charge is 0.322 e. The maximum atomic E-state index is 5.40. The fraction of sp³-hybridized carbons (Fsp3) is 0.286. The van der Waals surface area contributed by atoms with Crippen molar-refractivity contribution >= 4 is 23.3 Å². The molecule has 5 heteroatoms. The van der Waals surface area contributed by atoms with Crippen molar-refractivity contribution in [2.75, 3.05) is 0 Å². The van der Waals surface area contributed by atoms with Crippen LogP contribution in [0.2, 0.25) is 0 Å². The van der Waals surface area contributed by atoms with Gasteiger partial charge in [0.25, 0.3) is 0 Å². The first-order chi connectivity index (χ1) is 8.95. The summed E-state index contributed by atoms with van der Waals surface area (Å²) in [7, 11) is 0. The maximum Gasteiger partial charge on any atom is 0.228 e. The number of imidazole rings is 1. The Bertz CT molecular complexity index is 752. The summed E-state index contributed by atoms with van der Waals surface area (Å²) in [6, 6.07) is 9.93. The molecular formula is C14H16N4S. The first-order valence-electron chi connectivity index (χ1n) is 6.23. The van der Waals surface area contributed by atoms with Crippen LogP contribution in [-0.2, 0) is 5.41 Å². The Labute approximate surface area is 116 Å². The van der Waals surface area contributed by atoms with Crippen molar-refractivity contribution in [1.82, 2.24) is 19.7 Å².